The third-order valence-electron chi connectivity index (χ3n) is 5.10. The summed E-state index contributed by atoms with van der Waals surface area (Å²) in [4.78, 5) is 13.2. The smallest absolute Gasteiger partial charge is 0.336 e. The van der Waals surface area contributed by atoms with E-state index in [4.69, 9.17) is 13.9 Å². The maximum atomic E-state index is 12.0. The number of fused-ring (bicyclic) bond motifs is 1. The Labute approximate surface area is 139 Å². The average molecular weight is 331 g/mol. The number of benzene rings is 1. The molecule has 0 amide bonds. The number of hydrogen-bond acceptors (Lipinski definition) is 5. The summed E-state index contributed by atoms with van der Waals surface area (Å²) in [5.74, 6) is -0.418. The molecular formula is C18H21NO5. The number of piperidine rings is 1. The van der Waals surface area contributed by atoms with Gasteiger partial charge < -0.3 is 23.9 Å². The molecular weight excluding hydrogens is 310 g/mol. The van der Waals surface area contributed by atoms with Gasteiger partial charge >= 0.3 is 5.63 Å². The predicted octanol–water partition coefficient (Wildman–Crippen LogP) is 0.0968. The molecule has 0 bridgehead atoms. The molecule has 128 valence electrons. The minimum absolute atomic E-state index is 0.0297. The molecule has 4 rings (SSSR count). The van der Waals surface area contributed by atoms with Crippen LogP contribution in [0.3, 0.4) is 0 Å². The molecule has 6 nitrogen and oxygen atoms in total. The molecule has 0 saturated carbocycles. The van der Waals surface area contributed by atoms with Gasteiger partial charge in [0.25, 0.3) is 0 Å². The second-order valence-electron chi connectivity index (χ2n) is 6.74. The highest BCUT2D eigenvalue weighted by Gasteiger charge is 2.41. The van der Waals surface area contributed by atoms with E-state index in [1.807, 2.05) is 0 Å². The summed E-state index contributed by atoms with van der Waals surface area (Å²) in [5.41, 5.74) is 1.58. The molecule has 3 heterocycles. The molecule has 1 aromatic heterocycles. The number of likely N-dealkylation sites (tertiary alicyclic amines) is 1. The molecule has 2 aliphatic rings. The van der Waals surface area contributed by atoms with Crippen LogP contribution in [0, 0.1) is 6.92 Å². The van der Waals surface area contributed by atoms with Gasteiger partial charge in [0.1, 0.15) is 12.1 Å². The highest BCUT2D eigenvalue weighted by atomic mass is 16.7. The lowest BCUT2D eigenvalue weighted by atomic mass is 10.0. The lowest BCUT2D eigenvalue weighted by Crippen LogP contribution is -3.12. The first-order chi connectivity index (χ1) is 11.5. The van der Waals surface area contributed by atoms with Gasteiger partial charge in [-0.3, -0.25) is 0 Å². The molecule has 1 N–H and O–H groups in total. The summed E-state index contributed by atoms with van der Waals surface area (Å²) in [6.07, 6.45) is 1.71. The van der Waals surface area contributed by atoms with E-state index in [0.29, 0.717) is 30.9 Å². The number of nitrogens with one attached hydrogen (secondary N) is 1. The van der Waals surface area contributed by atoms with Crippen molar-refractivity contribution in [2.24, 2.45) is 0 Å². The van der Waals surface area contributed by atoms with Gasteiger partial charge in [0.15, 0.2) is 5.79 Å². The van der Waals surface area contributed by atoms with E-state index in [9.17, 15) is 9.90 Å². The van der Waals surface area contributed by atoms with E-state index in [1.54, 1.807) is 19.1 Å². The van der Waals surface area contributed by atoms with Gasteiger partial charge in [-0.05, 0) is 13.0 Å². The summed E-state index contributed by atoms with van der Waals surface area (Å²) in [7, 11) is 0. The van der Waals surface area contributed by atoms with Crippen LogP contribution < -0.4 is 15.6 Å². The Hall–Kier alpha value is -1.89. The average Bonchev–Trinajstić information content (AvgIpc) is 3.00. The second-order valence-corrected chi connectivity index (χ2v) is 6.74. The zero-order chi connectivity index (χ0) is 16.7. The van der Waals surface area contributed by atoms with Gasteiger partial charge in [-0.1, -0.05) is 11.6 Å². The predicted molar refractivity (Wildman–Crippen MR) is 84.9 cm³/mol. The maximum Gasteiger partial charge on any atom is 0.336 e. The van der Waals surface area contributed by atoms with Crippen molar-refractivity contribution in [1.82, 2.24) is 0 Å². The van der Waals surface area contributed by atoms with Crippen molar-refractivity contribution in [2.45, 2.75) is 32.1 Å². The van der Waals surface area contributed by atoms with Crippen molar-refractivity contribution in [3.05, 3.63) is 39.7 Å². The highest BCUT2D eigenvalue weighted by Crippen LogP contribution is 2.28. The molecule has 0 aliphatic carbocycles. The number of aryl methyl sites for hydroxylation is 1. The molecule has 0 radical (unpaired) electrons. The van der Waals surface area contributed by atoms with E-state index < -0.39 is 0 Å². The molecule has 6 heteroatoms. The van der Waals surface area contributed by atoms with Crippen molar-refractivity contribution in [1.29, 1.82) is 0 Å². The van der Waals surface area contributed by atoms with Crippen molar-refractivity contribution in [2.75, 3.05) is 26.3 Å². The van der Waals surface area contributed by atoms with E-state index in [1.165, 1.54) is 11.0 Å². The third-order valence-corrected chi connectivity index (χ3v) is 5.10. The summed E-state index contributed by atoms with van der Waals surface area (Å²) in [5, 5.41) is 12.7. The van der Waals surface area contributed by atoms with Gasteiger partial charge in [0, 0.05) is 17.0 Å². The minimum atomic E-state index is -0.388. The number of rotatable bonds is 2. The third kappa shape index (κ3) is 2.81. The van der Waals surface area contributed by atoms with E-state index in [0.717, 1.165) is 36.9 Å². The van der Waals surface area contributed by atoms with E-state index in [2.05, 4.69) is 0 Å². The summed E-state index contributed by atoms with van der Waals surface area (Å²) in [6, 6.07) is 4.75. The van der Waals surface area contributed by atoms with Crippen molar-refractivity contribution in [3.8, 4) is 5.75 Å². The van der Waals surface area contributed by atoms with Crippen LogP contribution in [-0.4, -0.2) is 32.1 Å². The Morgan fingerprint density at radius 2 is 1.88 bits per heavy atom. The number of quaternary nitrogens is 1. The Balaban J connectivity index is 1.58. The van der Waals surface area contributed by atoms with Crippen LogP contribution in [-0.2, 0) is 16.0 Å². The first-order valence-electron chi connectivity index (χ1n) is 8.41. The van der Waals surface area contributed by atoms with Crippen LogP contribution in [0.1, 0.15) is 24.0 Å². The first-order valence-corrected chi connectivity index (χ1v) is 8.41. The Morgan fingerprint density at radius 1 is 1.17 bits per heavy atom. The normalized spacial score (nSPS) is 20.9. The molecule has 0 atom stereocenters. The van der Waals surface area contributed by atoms with Crippen molar-refractivity contribution >= 4 is 11.0 Å². The van der Waals surface area contributed by atoms with Crippen molar-refractivity contribution in [3.63, 3.8) is 0 Å². The first kappa shape index (κ1) is 15.6. The zero-order valence-electron chi connectivity index (χ0n) is 13.7. The standard InChI is InChI=1S/C18H21NO5/c1-12-8-16-14(10-15(12)20)13(9-17(21)24-16)11-19-4-2-18(3-5-19)22-6-7-23-18/h8-10,20H,2-7,11H2,1H3. The lowest BCUT2D eigenvalue weighted by molar-refractivity contribution is -0.922. The minimum Gasteiger partial charge on any atom is -0.872 e. The number of hydrogen-bond donors (Lipinski definition) is 1. The van der Waals surface area contributed by atoms with Crippen LogP contribution >= 0.6 is 0 Å². The summed E-state index contributed by atoms with van der Waals surface area (Å²) >= 11 is 0. The molecule has 2 fully saturated rings. The fourth-order valence-electron chi connectivity index (χ4n) is 3.72. The van der Waals surface area contributed by atoms with Crippen LogP contribution in [0.2, 0.25) is 0 Å². The van der Waals surface area contributed by atoms with Crippen LogP contribution in [0.4, 0.5) is 0 Å². The van der Waals surface area contributed by atoms with Crippen LogP contribution in [0.25, 0.3) is 11.0 Å². The topological polar surface area (TPSA) is 76.2 Å². The van der Waals surface area contributed by atoms with Crippen molar-refractivity contribution < 1.29 is 23.9 Å². The van der Waals surface area contributed by atoms with E-state index in [-0.39, 0.29) is 17.2 Å². The van der Waals surface area contributed by atoms with Gasteiger partial charge in [-0.25, -0.2) is 4.79 Å². The van der Waals surface area contributed by atoms with E-state index >= 15 is 0 Å². The molecule has 2 saturated heterocycles. The van der Waals surface area contributed by atoms with Crippen LogP contribution in [0.5, 0.6) is 5.75 Å². The Morgan fingerprint density at radius 3 is 2.58 bits per heavy atom. The molecule has 0 unspecified atom stereocenters. The van der Waals surface area contributed by atoms with Gasteiger partial charge in [0.2, 0.25) is 0 Å². The number of ether oxygens (including phenoxy) is 2. The molecule has 1 aromatic carbocycles. The van der Waals surface area contributed by atoms with Gasteiger partial charge in [-0.2, -0.15) is 0 Å². The summed E-state index contributed by atoms with van der Waals surface area (Å²) < 4.78 is 16.8. The largest absolute Gasteiger partial charge is 0.872 e. The van der Waals surface area contributed by atoms with Crippen LogP contribution in [0.15, 0.2) is 27.4 Å². The Kier molecular flexibility index (Phi) is 3.83. The SMILES string of the molecule is Cc1cc2oc(=O)cc(C[NH+]3CCC4(CC3)OCCO4)c2cc1[O-]. The zero-order valence-corrected chi connectivity index (χ0v) is 13.7. The molecule has 24 heavy (non-hydrogen) atoms. The monoisotopic (exact) mass is 331 g/mol. The molecule has 1 spiro atoms. The summed E-state index contributed by atoms with van der Waals surface area (Å²) in [6.45, 7) is 5.60. The molecule has 2 aromatic rings. The fraction of sp³-hybridized carbons (Fsp3) is 0.500. The maximum absolute atomic E-state index is 12.0. The lowest BCUT2D eigenvalue weighted by Gasteiger charge is -2.35. The quantitative estimate of drug-likeness (QED) is 0.790. The highest BCUT2D eigenvalue weighted by molar-refractivity contribution is 5.82. The fourth-order valence-corrected chi connectivity index (χ4v) is 3.72. The Bertz CT molecular complexity index is 812. The van der Waals surface area contributed by atoms with Gasteiger partial charge in [-0.15, -0.1) is 5.75 Å². The molecule has 2 aliphatic heterocycles. The second kappa shape index (κ2) is 5.88. The van der Waals surface area contributed by atoms with Gasteiger partial charge in [0.05, 0.1) is 39.1 Å².